The zero-order valence-corrected chi connectivity index (χ0v) is 13.8. The Morgan fingerprint density at radius 2 is 1.63 bits per heavy atom. The number of carbonyl (C=O) groups excluding carboxylic acids is 2. The average Bonchev–Trinajstić information content (AvgIpc) is 2.43. The van der Waals surface area contributed by atoms with Crippen molar-refractivity contribution in [1.82, 2.24) is 5.32 Å². The van der Waals surface area contributed by atoms with E-state index in [4.69, 9.17) is 0 Å². The minimum Gasteiger partial charge on any atom is -0.356 e. The molecule has 1 N–H and O–H groups in total. The van der Waals surface area contributed by atoms with E-state index in [2.05, 4.69) is 12.2 Å². The molecule has 0 aromatic carbocycles. The minimum absolute atomic E-state index is 0. The van der Waals surface area contributed by atoms with E-state index in [1.807, 2.05) is 34.6 Å². The van der Waals surface area contributed by atoms with Crippen molar-refractivity contribution in [3.8, 4) is 0 Å². The van der Waals surface area contributed by atoms with Gasteiger partial charge in [-0.2, -0.15) is 0 Å². The lowest BCUT2D eigenvalue weighted by Gasteiger charge is -2.20. The van der Waals surface area contributed by atoms with Crippen LogP contribution in [-0.4, -0.2) is 18.2 Å². The van der Waals surface area contributed by atoms with Gasteiger partial charge in [0.2, 0.25) is 5.91 Å². The molecule has 0 radical (unpaired) electrons. The van der Waals surface area contributed by atoms with Crippen LogP contribution in [0.4, 0.5) is 0 Å². The number of hydrogen-bond acceptors (Lipinski definition) is 2. The summed E-state index contributed by atoms with van der Waals surface area (Å²) in [6.07, 6.45) is 5.02. The van der Waals surface area contributed by atoms with E-state index in [-0.39, 0.29) is 12.7 Å². The Kier molecular flexibility index (Phi) is 13.1. The first kappa shape index (κ1) is 20.5. The summed E-state index contributed by atoms with van der Waals surface area (Å²) in [4.78, 5) is 22.8. The second kappa shape index (κ2) is 12.2. The third kappa shape index (κ3) is 10.7. The van der Waals surface area contributed by atoms with E-state index in [0.717, 1.165) is 32.2 Å². The van der Waals surface area contributed by atoms with Gasteiger partial charge in [0.05, 0.1) is 0 Å². The zero-order valence-electron chi connectivity index (χ0n) is 13.8. The zero-order chi connectivity index (χ0) is 15.3. The molecule has 0 aromatic rings. The normalized spacial score (nSPS) is 10.4. The number of unbranched alkanes of at least 4 members (excludes halogenated alkanes) is 2. The van der Waals surface area contributed by atoms with Crippen molar-refractivity contribution in [2.24, 2.45) is 5.41 Å². The summed E-state index contributed by atoms with van der Waals surface area (Å²) in [5.74, 6) is 0.464. The quantitative estimate of drug-likeness (QED) is 0.635. The molecule has 0 aliphatic heterocycles. The lowest BCUT2D eigenvalue weighted by Crippen LogP contribution is -2.24. The maximum absolute atomic E-state index is 11.8. The van der Waals surface area contributed by atoms with Crippen LogP contribution in [0.25, 0.3) is 0 Å². The van der Waals surface area contributed by atoms with Crippen LogP contribution in [0.5, 0.6) is 0 Å². The molecule has 0 unspecified atom stereocenters. The monoisotopic (exact) mass is 273 g/mol. The van der Waals surface area contributed by atoms with Crippen LogP contribution in [0, 0.1) is 5.41 Å². The summed E-state index contributed by atoms with van der Waals surface area (Å²) in [6, 6.07) is 0. The third-order valence-electron chi connectivity index (χ3n) is 3.36. The Labute approximate surface area is 121 Å². The van der Waals surface area contributed by atoms with Gasteiger partial charge in [-0.3, -0.25) is 9.59 Å². The molecule has 116 valence electrons. The van der Waals surface area contributed by atoms with E-state index in [1.54, 1.807) is 0 Å². The fourth-order valence-corrected chi connectivity index (χ4v) is 1.48. The molecule has 3 heteroatoms. The van der Waals surface area contributed by atoms with Crippen LogP contribution in [0.1, 0.15) is 81.5 Å². The van der Waals surface area contributed by atoms with Crippen LogP contribution in [-0.2, 0) is 9.59 Å². The van der Waals surface area contributed by atoms with Gasteiger partial charge in [-0.25, -0.2) is 0 Å². The molecule has 1 amide bonds. The maximum atomic E-state index is 11.8. The van der Waals surface area contributed by atoms with E-state index in [0.29, 0.717) is 18.6 Å². The standard InChI is InChI=1S/C14H27NO2.C2H6.H2/c1-5-13(17)15-11-9-7-8-10-12(16)14(3,4)6-2;1-2;/h5-11H2,1-4H3,(H,15,17);1-2H3;1H. The van der Waals surface area contributed by atoms with Gasteiger partial charge in [-0.05, 0) is 19.3 Å². The summed E-state index contributed by atoms with van der Waals surface area (Å²) in [5, 5.41) is 2.84. The van der Waals surface area contributed by atoms with E-state index < -0.39 is 0 Å². The van der Waals surface area contributed by atoms with Gasteiger partial charge in [0, 0.05) is 26.2 Å². The molecule has 0 saturated carbocycles. The van der Waals surface area contributed by atoms with Gasteiger partial charge in [0.15, 0.2) is 0 Å². The molecule has 0 aromatic heterocycles. The van der Waals surface area contributed by atoms with Crippen LogP contribution in [0.3, 0.4) is 0 Å². The van der Waals surface area contributed by atoms with Crippen molar-refractivity contribution in [1.29, 1.82) is 0 Å². The molecule has 0 spiro atoms. The summed E-state index contributed by atoms with van der Waals surface area (Å²) >= 11 is 0. The van der Waals surface area contributed by atoms with Gasteiger partial charge in [0.1, 0.15) is 5.78 Å². The van der Waals surface area contributed by atoms with Crippen LogP contribution < -0.4 is 5.32 Å². The molecule has 0 aliphatic rings. The number of rotatable bonds is 9. The number of hydrogen-bond donors (Lipinski definition) is 1. The highest BCUT2D eigenvalue weighted by atomic mass is 16.1. The molecule has 0 heterocycles. The highest BCUT2D eigenvalue weighted by molar-refractivity contribution is 5.83. The van der Waals surface area contributed by atoms with Crippen LogP contribution in [0.15, 0.2) is 0 Å². The van der Waals surface area contributed by atoms with E-state index in [1.165, 1.54) is 0 Å². The second-order valence-corrected chi connectivity index (χ2v) is 5.17. The predicted octanol–water partition coefficient (Wildman–Crippen LogP) is 4.35. The SMILES string of the molecule is CC.CCC(=O)NCCCCCC(=O)C(C)(C)CC.[HH]. The number of carbonyl (C=O) groups is 2. The number of ketones is 1. The topological polar surface area (TPSA) is 46.2 Å². The summed E-state index contributed by atoms with van der Waals surface area (Å²) < 4.78 is 0. The Hall–Kier alpha value is -0.860. The molecule has 19 heavy (non-hydrogen) atoms. The average molecular weight is 273 g/mol. The Morgan fingerprint density at radius 1 is 1.05 bits per heavy atom. The molecule has 0 fully saturated rings. The van der Waals surface area contributed by atoms with Gasteiger partial charge < -0.3 is 5.32 Å². The molecular weight excluding hydrogens is 238 g/mol. The smallest absolute Gasteiger partial charge is 0.219 e. The molecule has 0 saturated heterocycles. The maximum Gasteiger partial charge on any atom is 0.219 e. The summed E-state index contributed by atoms with van der Waals surface area (Å²) in [5.41, 5.74) is -0.170. The van der Waals surface area contributed by atoms with Crippen molar-refractivity contribution in [2.75, 3.05) is 6.54 Å². The number of amides is 1. The largest absolute Gasteiger partial charge is 0.356 e. The first-order valence-corrected chi connectivity index (χ1v) is 7.74. The summed E-state index contributed by atoms with van der Waals surface area (Å²) in [6.45, 7) is 12.7. The molecular formula is C16H35NO2. The lowest BCUT2D eigenvalue weighted by molar-refractivity contribution is -0.127. The minimum atomic E-state index is -0.170. The molecule has 0 aliphatic carbocycles. The third-order valence-corrected chi connectivity index (χ3v) is 3.36. The molecule has 0 atom stereocenters. The highest BCUT2D eigenvalue weighted by Gasteiger charge is 2.23. The highest BCUT2D eigenvalue weighted by Crippen LogP contribution is 2.23. The Bertz CT molecular complexity index is 253. The van der Waals surface area contributed by atoms with E-state index >= 15 is 0 Å². The Balaban J connectivity index is -0.000000916. The predicted molar refractivity (Wildman–Crippen MR) is 84.3 cm³/mol. The summed E-state index contributed by atoms with van der Waals surface area (Å²) in [7, 11) is 0. The molecule has 0 bridgehead atoms. The van der Waals surface area contributed by atoms with E-state index in [9.17, 15) is 9.59 Å². The molecule has 3 nitrogen and oxygen atoms in total. The lowest BCUT2D eigenvalue weighted by atomic mass is 9.83. The van der Waals surface area contributed by atoms with Gasteiger partial charge in [-0.15, -0.1) is 0 Å². The fourth-order valence-electron chi connectivity index (χ4n) is 1.48. The van der Waals surface area contributed by atoms with Crippen LogP contribution >= 0.6 is 0 Å². The molecule has 0 rings (SSSR count). The van der Waals surface area contributed by atoms with Crippen molar-refractivity contribution in [3.05, 3.63) is 0 Å². The van der Waals surface area contributed by atoms with Gasteiger partial charge in [0.25, 0.3) is 0 Å². The number of nitrogens with one attached hydrogen (secondary N) is 1. The van der Waals surface area contributed by atoms with Crippen molar-refractivity contribution < 1.29 is 11.0 Å². The van der Waals surface area contributed by atoms with Crippen LogP contribution in [0.2, 0.25) is 0 Å². The second-order valence-electron chi connectivity index (χ2n) is 5.17. The van der Waals surface area contributed by atoms with Crippen molar-refractivity contribution >= 4 is 11.7 Å². The fraction of sp³-hybridized carbons (Fsp3) is 0.875. The van der Waals surface area contributed by atoms with Crippen molar-refractivity contribution in [3.63, 3.8) is 0 Å². The number of Topliss-reactive ketones (excluding diaryl/α,β-unsaturated/α-hetero) is 1. The first-order chi connectivity index (χ1) is 8.94. The Morgan fingerprint density at radius 3 is 2.11 bits per heavy atom. The van der Waals surface area contributed by atoms with Gasteiger partial charge in [-0.1, -0.05) is 48.0 Å². The van der Waals surface area contributed by atoms with Gasteiger partial charge >= 0.3 is 0 Å². The first-order valence-electron chi connectivity index (χ1n) is 7.74. The van der Waals surface area contributed by atoms with Crippen molar-refractivity contribution in [2.45, 2.75) is 80.1 Å².